The van der Waals surface area contributed by atoms with Crippen LogP contribution in [-0.2, 0) is 5.48 Å². The van der Waals surface area contributed by atoms with Gasteiger partial charge >= 0.3 is 56.6 Å². The van der Waals surface area contributed by atoms with Crippen molar-refractivity contribution in [3.8, 4) is 0 Å². The summed E-state index contributed by atoms with van der Waals surface area (Å²) in [4.78, 5) is 0. The summed E-state index contributed by atoms with van der Waals surface area (Å²) in [5.74, 6) is 0. The third-order valence-corrected chi connectivity index (χ3v) is 0. The molecule has 0 unspecified atom stereocenters. The van der Waals surface area contributed by atoms with Crippen LogP contribution in [0.2, 0.25) is 0 Å². The second-order valence-electron chi connectivity index (χ2n) is 0. The van der Waals surface area contributed by atoms with Gasteiger partial charge < -0.3 is 10.2 Å². The first-order valence-corrected chi connectivity index (χ1v) is 0. The second-order valence-corrected chi connectivity index (χ2v) is 0. The number of halogens is 1. The fourth-order valence-corrected chi connectivity index (χ4v) is 0. The minimum atomic E-state index is 0. The van der Waals surface area contributed by atoms with Crippen molar-refractivity contribution < 1.29 is 29.0 Å². The predicted molar refractivity (Wildman–Crippen MR) is 6.44 cm³/mol. The normalized spacial score (nSPS) is 0. The zero-order valence-electron chi connectivity index (χ0n) is 2.49. The van der Waals surface area contributed by atoms with E-state index in [-0.39, 0.29) is 66.8 Å². The number of hydrogen-bond acceptors (Lipinski definition) is 0. The minimum Gasteiger partial charge on any atom is -2.00 e. The number of rotatable bonds is 0. The summed E-state index contributed by atoms with van der Waals surface area (Å²) in [5.41, 5.74) is 0. The molecule has 0 atom stereocenters. The molecule has 0 rings (SSSR count). The van der Waals surface area contributed by atoms with Gasteiger partial charge in [-0.3, -0.25) is 0 Å². The van der Waals surface area contributed by atoms with Crippen molar-refractivity contribution in [2.24, 2.45) is 0 Å². The van der Waals surface area contributed by atoms with Gasteiger partial charge in [0.15, 0.2) is 0 Å². The maximum Gasteiger partial charge on any atom is 2.00 e. The minimum absolute atomic E-state index is 0. The van der Waals surface area contributed by atoms with E-state index in [1.165, 1.54) is 0 Å². The molecule has 0 saturated heterocycles. The quantitative estimate of drug-likeness (QED) is 0.260. The van der Waals surface area contributed by atoms with Crippen molar-refractivity contribution >= 4 is 37.7 Å². The molecule has 4 heteroatoms. The molecular weight excluding hydrogens is 82.0 g/mol. The molecule has 4 heavy (non-hydrogen) atoms. The first kappa shape index (κ1) is 42.4. The van der Waals surface area contributed by atoms with Gasteiger partial charge in [0.05, 0.1) is 0 Å². The molecule has 0 bridgehead atoms. The van der Waals surface area contributed by atoms with E-state index in [1.807, 2.05) is 0 Å². The number of hydrogen-bond donors (Lipinski definition) is 0. The van der Waals surface area contributed by atoms with Crippen LogP contribution >= 0.6 is 0 Å². The molecule has 0 radical (unpaired) electrons. The zero-order valence-corrected chi connectivity index (χ0v) is 4.70. The van der Waals surface area contributed by atoms with Gasteiger partial charge in [0.1, 0.15) is 0 Å². The molecule has 0 aromatic rings. The van der Waals surface area contributed by atoms with Crippen LogP contribution in [0.5, 0.6) is 0 Å². The third-order valence-electron chi connectivity index (χ3n) is 0. The van der Waals surface area contributed by atoms with Crippen LogP contribution in [0.3, 0.4) is 0 Å². The van der Waals surface area contributed by atoms with E-state index in [2.05, 4.69) is 0 Å². The molecule has 1 nitrogen and oxygen atoms in total. The van der Waals surface area contributed by atoms with Crippen LogP contribution in [0.1, 0.15) is 0 Å². The van der Waals surface area contributed by atoms with Crippen molar-refractivity contribution in [3.63, 3.8) is 0 Å². The molecule has 0 fully saturated rings. The first-order valence-electron chi connectivity index (χ1n) is 0. The van der Waals surface area contributed by atoms with E-state index in [0.29, 0.717) is 0 Å². The van der Waals surface area contributed by atoms with E-state index >= 15 is 0 Å². The maximum absolute atomic E-state index is 0. The Morgan fingerprint density at radius 3 is 1.00 bits per heavy atom. The standard InChI is InChI=1S/Ca.FH.Li.O/h;1H;;/q+2;;+1;-2/p-1. The molecule has 0 aliphatic heterocycles. The summed E-state index contributed by atoms with van der Waals surface area (Å²) in [6.45, 7) is 0. The van der Waals surface area contributed by atoms with Crippen molar-refractivity contribution in [3.05, 3.63) is 0 Å². The summed E-state index contributed by atoms with van der Waals surface area (Å²) < 4.78 is 0. The molecule has 0 N–H and O–H groups in total. The van der Waals surface area contributed by atoms with Crippen molar-refractivity contribution in [2.45, 2.75) is 0 Å². The molecule has 0 saturated carbocycles. The molecule has 0 aromatic heterocycles. The average molecular weight is 82.0 g/mol. The van der Waals surface area contributed by atoms with Crippen LogP contribution in [0.25, 0.3) is 0 Å². The van der Waals surface area contributed by atoms with Gasteiger partial charge in [-0.15, -0.1) is 0 Å². The van der Waals surface area contributed by atoms with Crippen molar-refractivity contribution in [2.75, 3.05) is 0 Å². The van der Waals surface area contributed by atoms with E-state index in [4.69, 9.17) is 0 Å². The Labute approximate surface area is 66.0 Å². The zero-order chi connectivity index (χ0) is 0. The Hall–Kier alpha value is 1.75. The van der Waals surface area contributed by atoms with Crippen LogP contribution in [-0.4, -0.2) is 37.7 Å². The molecular formula is CaFLiO. The van der Waals surface area contributed by atoms with Gasteiger partial charge in [-0.25, -0.2) is 0 Å². The van der Waals surface area contributed by atoms with Gasteiger partial charge in [-0.2, -0.15) is 0 Å². The van der Waals surface area contributed by atoms with Gasteiger partial charge in [0, 0.05) is 0 Å². The van der Waals surface area contributed by atoms with Crippen LogP contribution < -0.4 is 23.6 Å². The largest absolute Gasteiger partial charge is 2.00 e. The molecule has 0 aromatic carbocycles. The topological polar surface area (TPSA) is 28.5 Å². The first-order chi connectivity index (χ1) is 0. The molecule has 0 heterocycles. The van der Waals surface area contributed by atoms with Gasteiger partial charge in [-0.05, 0) is 0 Å². The predicted octanol–water partition coefficient (Wildman–Crippen LogP) is -6.49. The second kappa shape index (κ2) is 21.8. The third kappa shape index (κ3) is 9.26. The smallest absolute Gasteiger partial charge is 2.00 e. The van der Waals surface area contributed by atoms with E-state index in [0.717, 1.165) is 0 Å². The molecule has 0 amide bonds. The van der Waals surface area contributed by atoms with Crippen LogP contribution in [0.4, 0.5) is 0 Å². The summed E-state index contributed by atoms with van der Waals surface area (Å²) in [5, 5.41) is 0. The fourth-order valence-electron chi connectivity index (χ4n) is 0. The van der Waals surface area contributed by atoms with E-state index in [1.54, 1.807) is 0 Å². The average Bonchev–Trinajstić information content (AvgIpc) is 0. The molecule has 0 aliphatic carbocycles. The molecule has 16 valence electrons. The molecule has 0 spiro atoms. The SMILES string of the molecule is [Ca+2].[F-].[Li+].[O-2]. The van der Waals surface area contributed by atoms with Crippen LogP contribution in [0.15, 0.2) is 0 Å². The van der Waals surface area contributed by atoms with Gasteiger partial charge in [-0.1, -0.05) is 0 Å². The Balaban J connectivity index is 0. The monoisotopic (exact) mass is 82.0 g/mol. The van der Waals surface area contributed by atoms with Gasteiger partial charge in [0.2, 0.25) is 0 Å². The summed E-state index contributed by atoms with van der Waals surface area (Å²) in [6.07, 6.45) is 0. The van der Waals surface area contributed by atoms with E-state index in [9.17, 15) is 0 Å². The Morgan fingerprint density at radius 1 is 1.00 bits per heavy atom. The summed E-state index contributed by atoms with van der Waals surface area (Å²) in [6, 6.07) is 0. The van der Waals surface area contributed by atoms with Crippen LogP contribution in [0, 0.1) is 0 Å². The summed E-state index contributed by atoms with van der Waals surface area (Å²) in [7, 11) is 0. The van der Waals surface area contributed by atoms with E-state index < -0.39 is 0 Å². The van der Waals surface area contributed by atoms with Crippen molar-refractivity contribution in [1.29, 1.82) is 0 Å². The Kier molecular flexibility index (Phi) is 232. The Morgan fingerprint density at radius 2 is 1.00 bits per heavy atom. The maximum atomic E-state index is 0. The van der Waals surface area contributed by atoms with Gasteiger partial charge in [0.25, 0.3) is 0 Å². The summed E-state index contributed by atoms with van der Waals surface area (Å²) >= 11 is 0. The van der Waals surface area contributed by atoms with Crippen molar-refractivity contribution in [1.82, 2.24) is 0 Å². The molecule has 0 aliphatic rings. The fraction of sp³-hybridized carbons (Fsp3) is 0. The Bertz CT molecular complexity index is 8.00.